The first-order valence-corrected chi connectivity index (χ1v) is 7.19. The number of rotatable bonds is 3. The Morgan fingerprint density at radius 1 is 1.56 bits per heavy atom. The van der Waals surface area contributed by atoms with Crippen LogP contribution >= 0.6 is 38.9 Å². The van der Waals surface area contributed by atoms with Crippen LogP contribution in [0.5, 0.6) is 0 Å². The van der Waals surface area contributed by atoms with E-state index in [0.29, 0.717) is 21.6 Å². The van der Waals surface area contributed by atoms with Crippen LogP contribution in [0, 0.1) is 6.92 Å². The van der Waals surface area contributed by atoms with Gasteiger partial charge >= 0.3 is 0 Å². The van der Waals surface area contributed by atoms with Crippen LogP contribution in [0.2, 0.25) is 5.02 Å². The summed E-state index contributed by atoms with van der Waals surface area (Å²) >= 11 is 10.7. The number of nitrogens with one attached hydrogen (secondary N) is 1. The van der Waals surface area contributed by atoms with Crippen molar-refractivity contribution in [2.24, 2.45) is 0 Å². The number of carbonyl (C=O) groups excluding carboxylic acids is 1. The fraction of sp³-hybridized carbons (Fsp3) is 0.167. The molecular weight excluding hydrogens is 336 g/mol. The van der Waals surface area contributed by atoms with Gasteiger partial charge in [-0.05, 0) is 41.1 Å². The number of hydrogen-bond donors (Lipinski definition) is 1. The third kappa shape index (κ3) is 3.31. The van der Waals surface area contributed by atoms with Gasteiger partial charge < -0.3 is 5.32 Å². The minimum absolute atomic E-state index is 0.126. The van der Waals surface area contributed by atoms with Crippen molar-refractivity contribution < 1.29 is 4.79 Å². The van der Waals surface area contributed by atoms with Crippen LogP contribution in [0.15, 0.2) is 28.9 Å². The fourth-order valence-electron chi connectivity index (χ4n) is 1.39. The SMILES string of the molecule is Cc1ncc(CNC(=O)c2ccc(Cl)c(Br)c2)s1. The summed E-state index contributed by atoms with van der Waals surface area (Å²) in [7, 11) is 0. The van der Waals surface area contributed by atoms with E-state index in [9.17, 15) is 4.79 Å². The maximum absolute atomic E-state index is 11.9. The summed E-state index contributed by atoms with van der Waals surface area (Å²) in [5.41, 5.74) is 0.576. The summed E-state index contributed by atoms with van der Waals surface area (Å²) in [6.07, 6.45) is 1.78. The van der Waals surface area contributed by atoms with Crippen molar-refractivity contribution in [1.29, 1.82) is 0 Å². The third-order valence-electron chi connectivity index (χ3n) is 2.27. The van der Waals surface area contributed by atoms with E-state index in [1.54, 1.807) is 35.7 Å². The average Bonchev–Trinajstić information content (AvgIpc) is 2.75. The summed E-state index contributed by atoms with van der Waals surface area (Å²) in [5.74, 6) is -0.126. The van der Waals surface area contributed by atoms with Gasteiger partial charge in [0.15, 0.2) is 0 Å². The minimum Gasteiger partial charge on any atom is -0.347 e. The van der Waals surface area contributed by atoms with Gasteiger partial charge in [-0.2, -0.15) is 0 Å². The van der Waals surface area contributed by atoms with Crippen LogP contribution in [0.1, 0.15) is 20.2 Å². The highest BCUT2D eigenvalue weighted by atomic mass is 79.9. The molecule has 0 radical (unpaired) electrons. The predicted molar refractivity (Wildman–Crippen MR) is 77.2 cm³/mol. The van der Waals surface area contributed by atoms with Gasteiger partial charge in [0.1, 0.15) is 0 Å². The van der Waals surface area contributed by atoms with E-state index in [0.717, 1.165) is 9.88 Å². The molecule has 1 aromatic heterocycles. The molecule has 94 valence electrons. The molecule has 0 fully saturated rings. The van der Waals surface area contributed by atoms with Gasteiger partial charge in [-0.1, -0.05) is 11.6 Å². The Labute approximate surface area is 122 Å². The van der Waals surface area contributed by atoms with Crippen LogP contribution < -0.4 is 5.32 Å². The van der Waals surface area contributed by atoms with E-state index >= 15 is 0 Å². The van der Waals surface area contributed by atoms with Gasteiger partial charge in [-0.3, -0.25) is 4.79 Å². The molecule has 0 aliphatic heterocycles. The molecule has 18 heavy (non-hydrogen) atoms. The van der Waals surface area contributed by atoms with Crippen LogP contribution in [-0.2, 0) is 6.54 Å². The van der Waals surface area contributed by atoms with E-state index < -0.39 is 0 Å². The van der Waals surface area contributed by atoms with Crippen molar-refractivity contribution in [2.75, 3.05) is 0 Å². The number of nitrogens with zero attached hydrogens (tertiary/aromatic N) is 1. The lowest BCUT2D eigenvalue weighted by molar-refractivity contribution is 0.0951. The van der Waals surface area contributed by atoms with E-state index in [1.165, 1.54) is 0 Å². The molecule has 2 aromatic rings. The lowest BCUT2D eigenvalue weighted by Gasteiger charge is -2.04. The number of aryl methyl sites for hydroxylation is 1. The second-order valence-electron chi connectivity index (χ2n) is 3.66. The summed E-state index contributed by atoms with van der Waals surface area (Å²) in [4.78, 5) is 17.1. The summed E-state index contributed by atoms with van der Waals surface area (Å²) in [6.45, 7) is 2.43. The molecule has 6 heteroatoms. The third-order valence-corrected chi connectivity index (χ3v) is 4.40. The molecule has 0 spiro atoms. The van der Waals surface area contributed by atoms with E-state index in [1.807, 2.05) is 6.92 Å². The fourth-order valence-corrected chi connectivity index (χ4v) is 2.62. The second kappa shape index (κ2) is 5.82. The van der Waals surface area contributed by atoms with Crippen LogP contribution in [0.3, 0.4) is 0 Å². The zero-order valence-corrected chi connectivity index (χ0v) is 12.7. The summed E-state index contributed by atoms with van der Waals surface area (Å²) < 4.78 is 0.713. The van der Waals surface area contributed by atoms with Gasteiger partial charge in [0.25, 0.3) is 5.91 Å². The maximum atomic E-state index is 11.9. The highest BCUT2D eigenvalue weighted by Gasteiger charge is 2.08. The highest BCUT2D eigenvalue weighted by Crippen LogP contribution is 2.23. The van der Waals surface area contributed by atoms with Gasteiger partial charge in [-0.15, -0.1) is 11.3 Å². The Bertz CT molecular complexity index is 585. The lowest BCUT2D eigenvalue weighted by Crippen LogP contribution is -2.22. The molecule has 2 rings (SSSR count). The predicted octanol–water partition coefficient (Wildman–Crippen LogP) is 3.80. The van der Waals surface area contributed by atoms with Crippen molar-refractivity contribution in [3.63, 3.8) is 0 Å². The molecule has 0 atom stereocenters. The van der Waals surface area contributed by atoms with Crippen LogP contribution in [-0.4, -0.2) is 10.9 Å². The van der Waals surface area contributed by atoms with Crippen molar-refractivity contribution in [3.8, 4) is 0 Å². The number of aromatic nitrogens is 1. The van der Waals surface area contributed by atoms with E-state index in [4.69, 9.17) is 11.6 Å². The summed E-state index contributed by atoms with van der Waals surface area (Å²) in [5, 5.41) is 4.42. The zero-order chi connectivity index (χ0) is 13.1. The van der Waals surface area contributed by atoms with Crippen molar-refractivity contribution in [2.45, 2.75) is 13.5 Å². The van der Waals surface area contributed by atoms with Crippen molar-refractivity contribution >= 4 is 44.8 Å². The number of amides is 1. The van der Waals surface area contributed by atoms with Crippen LogP contribution in [0.25, 0.3) is 0 Å². The molecule has 0 unspecified atom stereocenters. The maximum Gasteiger partial charge on any atom is 0.251 e. The topological polar surface area (TPSA) is 42.0 Å². The molecule has 0 aliphatic carbocycles. The Kier molecular flexibility index (Phi) is 4.37. The largest absolute Gasteiger partial charge is 0.347 e. The van der Waals surface area contributed by atoms with Gasteiger partial charge in [0.2, 0.25) is 0 Å². The Morgan fingerprint density at radius 2 is 2.33 bits per heavy atom. The molecule has 1 amide bonds. The van der Waals surface area contributed by atoms with E-state index in [-0.39, 0.29) is 5.91 Å². The quantitative estimate of drug-likeness (QED) is 0.919. The molecule has 0 aliphatic rings. The Balaban J connectivity index is 2.01. The first-order chi connectivity index (χ1) is 8.56. The number of thiazole rings is 1. The van der Waals surface area contributed by atoms with Crippen molar-refractivity contribution in [1.82, 2.24) is 10.3 Å². The molecule has 1 N–H and O–H groups in total. The highest BCUT2D eigenvalue weighted by molar-refractivity contribution is 9.10. The minimum atomic E-state index is -0.126. The van der Waals surface area contributed by atoms with Crippen molar-refractivity contribution in [3.05, 3.63) is 49.3 Å². The summed E-state index contributed by atoms with van der Waals surface area (Å²) in [6, 6.07) is 5.09. The smallest absolute Gasteiger partial charge is 0.251 e. The molecule has 0 saturated heterocycles. The average molecular weight is 346 g/mol. The second-order valence-corrected chi connectivity index (χ2v) is 6.24. The zero-order valence-electron chi connectivity index (χ0n) is 9.54. The monoisotopic (exact) mass is 344 g/mol. The van der Waals surface area contributed by atoms with Gasteiger partial charge in [-0.25, -0.2) is 4.98 Å². The number of benzene rings is 1. The molecule has 0 saturated carbocycles. The van der Waals surface area contributed by atoms with E-state index in [2.05, 4.69) is 26.2 Å². The first kappa shape index (κ1) is 13.5. The molecule has 1 aromatic carbocycles. The standard InChI is InChI=1S/C12H10BrClN2OS/c1-7-15-5-9(18-7)6-16-12(17)8-2-3-11(14)10(13)4-8/h2-5H,6H2,1H3,(H,16,17). The molecule has 3 nitrogen and oxygen atoms in total. The van der Waals surface area contributed by atoms with Crippen LogP contribution in [0.4, 0.5) is 0 Å². The van der Waals surface area contributed by atoms with Gasteiger partial charge in [0.05, 0.1) is 16.6 Å². The molecule has 0 bridgehead atoms. The number of carbonyl (C=O) groups is 1. The normalized spacial score (nSPS) is 10.4. The molecular formula is C12H10BrClN2OS. The Hall–Kier alpha value is -0.910. The number of halogens is 2. The lowest BCUT2D eigenvalue weighted by atomic mass is 10.2. The first-order valence-electron chi connectivity index (χ1n) is 5.21. The molecule has 1 heterocycles. The van der Waals surface area contributed by atoms with Gasteiger partial charge in [0, 0.05) is 21.1 Å². The number of hydrogen-bond acceptors (Lipinski definition) is 3. The Morgan fingerprint density at radius 3 is 2.94 bits per heavy atom.